The van der Waals surface area contributed by atoms with Crippen LogP contribution in [0.15, 0.2) is 48.1 Å². The second kappa shape index (κ2) is 7.33. The van der Waals surface area contributed by atoms with Crippen molar-refractivity contribution < 1.29 is 0 Å². The topological polar surface area (TPSA) is 0 Å². The standard InChI is InChI=1S/C17H22.C2H6/c1-17(2,3)16-11-9-15(10-12-16)13-14-7-5-4-6-8-14;1-2/h4-5,7,9-12H,6,8,13H2,1-3H3;1-2H3. The highest BCUT2D eigenvalue weighted by atomic mass is 14.2. The molecule has 0 bridgehead atoms. The highest BCUT2D eigenvalue weighted by molar-refractivity contribution is 5.31. The van der Waals surface area contributed by atoms with E-state index in [1.807, 2.05) is 13.8 Å². The molecular formula is C19H28. The van der Waals surface area contributed by atoms with Gasteiger partial charge in [-0.15, -0.1) is 0 Å². The molecule has 1 aromatic carbocycles. The van der Waals surface area contributed by atoms with E-state index in [1.165, 1.54) is 24.0 Å². The highest BCUT2D eigenvalue weighted by Gasteiger charge is 2.12. The summed E-state index contributed by atoms with van der Waals surface area (Å²) in [7, 11) is 0. The van der Waals surface area contributed by atoms with Crippen LogP contribution in [-0.2, 0) is 11.8 Å². The first kappa shape index (κ1) is 15.8. The van der Waals surface area contributed by atoms with Gasteiger partial charge in [-0.1, -0.05) is 82.7 Å². The molecule has 19 heavy (non-hydrogen) atoms. The van der Waals surface area contributed by atoms with Crippen LogP contribution in [0.2, 0.25) is 0 Å². The Kier molecular flexibility index (Phi) is 6.08. The van der Waals surface area contributed by atoms with Crippen molar-refractivity contribution in [2.24, 2.45) is 0 Å². The molecular weight excluding hydrogens is 228 g/mol. The average Bonchev–Trinajstić information content (AvgIpc) is 2.42. The predicted octanol–water partition coefficient (Wildman–Crippen LogP) is 5.83. The second-order valence-electron chi connectivity index (χ2n) is 5.92. The van der Waals surface area contributed by atoms with Gasteiger partial charge in [0.1, 0.15) is 0 Å². The van der Waals surface area contributed by atoms with E-state index in [0.717, 1.165) is 6.42 Å². The highest BCUT2D eigenvalue weighted by Crippen LogP contribution is 2.23. The van der Waals surface area contributed by atoms with Gasteiger partial charge in [0, 0.05) is 0 Å². The van der Waals surface area contributed by atoms with Crippen LogP contribution in [0.3, 0.4) is 0 Å². The van der Waals surface area contributed by atoms with E-state index in [1.54, 1.807) is 5.57 Å². The maximum Gasteiger partial charge on any atom is -0.00639 e. The van der Waals surface area contributed by atoms with E-state index in [9.17, 15) is 0 Å². The first-order valence-corrected chi connectivity index (χ1v) is 7.50. The van der Waals surface area contributed by atoms with Crippen molar-refractivity contribution in [3.8, 4) is 0 Å². The summed E-state index contributed by atoms with van der Waals surface area (Å²) >= 11 is 0. The summed E-state index contributed by atoms with van der Waals surface area (Å²) in [6.07, 6.45) is 10.2. The molecule has 1 aliphatic carbocycles. The van der Waals surface area contributed by atoms with Crippen LogP contribution in [0.4, 0.5) is 0 Å². The predicted molar refractivity (Wildman–Crippen MR) is 86.7 cm³/mol. The van der Waals surface area contributed by atoms with Crippen LogP contribution in [0, 0.1) is 0 Å². The lowest BCUT2D eigenvalue weighted by molar-refractivity contribution is 0.590. The Morgan fingerprint density at radius 2 is 1.63 bits per heavy atom. The molecule has 0 unspecified atom stereocenters. The fourth-order valence-electron chi connectivity index (χ4n) is 2.18. The van der Waals surface area contributed by atoms with Crippen molar-refractivity contribution >= 4 is 0 Å². The van der Waals surface area contributed by atoms with E-state index < -0.39 is 0 Å². The zero-order chi connectivity index (χ0) is 14.3. The summed E-state index contributed by atoms with van der Waals surface area (Å²) in [6, 6.07) is 9.10. The number of hydrogen-bond acceptors (Lipinski definition) is 0. The van der Waals surface area contributed by atoms with Gasteiger partial charge in [0.2, 0.25) is 0 Å². The van der Waals surface area contributed by atoms with Crippen LogP contribution in [0.5, 0.6) is 0 Å². The first-order chi connectivity index (χ1) is 9.05. The van der Waals surface area contributed by atoms with Crippen molar-refractivity contribution in [2.75, 3.05) is 0 Å². The lowest BCUT2D eigenvalue weighted by atomic mass is 9.86. The zero-order valence-electron chi connectivity index (χ0n) is 13.2. The van der Waals surface area contributed by atoms with E-state index in [-0.39, 0.29) is 5.41 Å². The largest absolute Gasteiger partial charge is 0.0842 e. The van der Waals surface area contributed by atoms with Crippen LogP contribution >= 0.6 is 0 Å². The lowest BCUT2D eigenvalue weighted by Gasteiger charge is -2.19. The quantitative estimate of drug-likeness (QED) is 0.624. The van der Waals surface area contributed by atoms with E-state index in [0.29, 0.717) is 0 Å². The van der Waals surface area contributed by atoms with Crippen molar-refractivity contribution in [1.29, 1.82) is 0 Å². The summed E-state index contributed by atoms with van der Waals surface area (Å²) in [5.74, 6) is 0. The van der Waals surface area contributed by atoms with Crippen LogP contribution < -0.4 is 0 Å². The molecule has 0 fully saturated rings. The molecule has 0 aliphatic heterocycles. The number of hydrogen-bond donors (Lipinski definition) is 0. The molecule has 0 heteroatoms. The van der Waals surface area contributed by atoms with Gasteiger partial charge in [0.05, 0.1) is 0 Å². The van der Waals surface area contributed by atoms with E-state index >= 15 is 0 Å². The third-order valence-electron chi connectivity index (χ3n) is 3.35. The average molecular weight is 256 g/mol. The molecule has 104 valence electrons. The van der Waals surface area contributed by atoms with E-state index in [2.05, 4.69) is 63.3 Å². The van der Waals surface area contributed by atoms with Gasteiger partial charge in [-0.2, -0.15) is 0 Å². The van der Waals surface area contributed by atoms with E-state index in [4.69, 9.17) is 0 Å². The Bertz CT molecular complexity index is 424. The monoisotopic (exact) mass is 256 g/mol. The molecule has 0 atom stereocenters. The minimum absolute atomic E-state index is 0.255. The smallest absolute Gasteiger partial charge is 0.00639 e. The van der Waals surface area contributed by atoms with Crippen molar-refractivity contribution in [2.45, 2.75) is 59.3 Å². The molecule has 0 aromatic heterocycles. The molecule has 0 amide bonds. The molecule has 0 radical (unpaired) electrons. The molecule has 1 aliphatic rings. The summed E-state index contributed by atoms with van der Waals surface area (Å²) < 4.78 is 0. The maximum atomic E-state index is 2.28. The Labute approximate surface area is 119 Å². The minimum atomic E-state index is 0.255. The number of allylic oxidation sites excluding steroid dienone is 4. The molecule has 0 N–H and O–H groups in total. The van der Waals surface area contributed by atoms with Crippen LogP contribution in [-0.4, -0.2) is 0 Å². The molecule has 0 saturated carbocycles. The molecule has 0 saturated heterocycles. The lowest BCUT2D eigenvalue weighted by Crippen LogP contribution is -2.10. The first-order valence-electron chi connectivity index (χ1n) is 7.50. The zero-order valence-corrected chi connectivity index (χ0v) is 13.2. The van der Waals surface area contributed by atoms with Gasteiger partial charge in [0.25, 0.3) is 0 Å². The number of benzene rings is 1. The molecule has 0 spiro atoms. The van der Waals surface area contributed by atoms with Crippen LogP contribution in [0.25, 0.3) is 0 Å². The Hall–Kier alpha value is -1.30. The van der Waals surface area contributed by atoms with Gasteiger partial charge in [-0.25, -0.2) is 0 Å². The van der Waals surface area contributed by atoms with Gasteiger partial charge < -0.3 is 0 Å². The fraction of sp³-hybridized carbons (Fsp3) is 0.474. The third kappa shape index (κ3) is 5.06. The minimum Gasteiger partial charge on any atom is -0.0842 e. The van der Waals surface area contributed by atoms with Gasteiger partial charge in [-0.05, 0) is 35.8 Å². The summed E-state index contributed by atoms with van der Waals surface area (Å²) in [6.45, 7) is 10.8. The van der Waals surface area contributed by atoms with Gasteiger partial charge >= 0.3 is 0 Å². The van der Waals surface area contributed by atoms with Crippen molar-refractivity contribution in [3.05, 3.63) is 59.2 Å². The van der Waals surface area contributed by atoms with Crippen molar-refractivity contribution in [3.63, 3.8) is 0 Å². The Morgan fingerprint density at radius 1 is 1.00 bits per heavy atom. The summed E-state index contributed by atoms with van der Waals surface area (Å²) in [5.41, 5.74) is 4.65. The summed E-state index contributed by atoms with van der Waals surface area (Å²) in [5, 5.41) is 0. The Balaban J connectivity index is 0.000000861. The third-order valence-corrected chi connectivity index (χ3v) is 3.35. The van der Waals surface area contributed by atoms with Gasteiger partial charge in [0.15, 0.2) is 0 Å². The van der Waals surface area contributed by atoms with Gasteiger partial charge in [-0.3, -0.25) is 0 Å². The molecule has 0 heterocycles. The van der Waals surface area contributed by atoms with Crippen molar-refractivity contribution in [1.82, 2.24) is 0 Å². The summed E-state index contributed by atoms with van der Waals surface area (Å²) in [4.78, 5) is 0. The van der Waals surface area contributed by atoms with Crippen LogP contribution in [0.1, 0.15) is 58.6 Å². The number of rotatable bonds is 2. The maximum absolute atomic E-state index is 2.28. The molecule has 0 nitrogen and oxygen atoms in total. The SMILES string of the molecule is CC.CC(C)(C)c1ccc(CC2=CC=CCC2)cc1. The molecule has 2 rings (SSSR count). The molecule has 1 aromatic rings. The second-order valence-corrected chi connectivity index (χ2v) is 5.92. The normalized spacial score (nSPS) is 14.5. The Morgan fingerprint density at radius 3 is 2.11 bits per heavy atom. The fourth-order valence-corrected chi connectivity index (χ4v) is 2.18.